The highest BCUT2D eigenvalue weighted by atomic mass is 79.9. The maximum Gasteiger partial charge on any atom is 0.170 e. The van der Waals surface area contributed by atoms with Gasteiger partial charge in [0.05, 0.1) is 5.52 Å². The molecule has 0 radical (unpaired) electrons. The number of carbonyl (C=O) groups excluding carboxylic acids is 1. The van der Waals surface area contributed by atoms with Gasteiger partial charge in [-0.3, -0.25) is 9.20 Å². The molecule has 0 N–H and O–H groups in total. The van der Waals surface area contributed by atoms with Crippen molar-refractivity contribution in [2.45, 2.75) is 0 Å². The van der Waals surface area contributed by atoms with E-state index in [1.54, 1.807) is 12.1 Å². The molecule has 0 unspecified atom stereocenters. The number of rotatable bonds is 2. The first kappa shape index (κ1) is 12.0. The summed E-state index contributed by atoms with van der Waals surface area (Å²) in [6.45, 7) is 0. The Morgan fingerprint density at radius 2 is 1.95 bits per heavy atom. The van der Waals surface area contributed by atoms with E-state index >= 15 is 0 Å². The van der Waals surface area contributed by atoms with E-state index in [4.69, 9.17) is 0 Å². The average molecular weight is 319 g/mol. The van der Waals surface area contributed by atoms with Gasteiger partial charge in [-0.15, -0.1) is 0 Å². The Labute approximate surface area is 116 Å². The summed E-state index contributed by atoms with van der Waals surface area (Å²) >= 11 is 3.36. The first-order valence-corrected chi connectivity index (χ1v) is 6.37. The third-order valence-corrected chi connectivity index (χ3v) is 3.34. The monoisotopic (exact) mass is 318 g/mol. The minimum absolute atomic E-state index is 0.303. The molecule has 0 spiro atoms. The van der Waals surface area contributed by atoms with Crippen LogP contribution in [-0.2, 0) is 0 Å². The molecule has 0 fully saturated rings. The zero-order valence-electron chi connectivity index (χ0n) is 9.68. The Bertz CT molecular complexity index is 765. The predicted molar refractivity (Wildman–Crippen MR) is 73.7 cm³/mol. The molecule has 5 heteroatoms. The van der Waals surface area contributed by atoms with E-state index in [0.29, 0.717) is 17.0 Å². The van der Waals surface area contributed by atoms with Crippen LogP contribution in [0.1, 0.15) is 10.5 Å². The standard InChI is InChI=1S/C14H8BrFN2O/c15-10-5-6-18-13(7-10)12(8-19)17-14(18)9-1-3-11(16)4-2-9/h1-8H. The minimum atomic E-state index is -0.303. The molecular formula is C14H8BrFN2O. The Balaban J connectivity index is 2.29. The van der Waals surface area contributed by atoms with Crippen molar-refractivity contribution in [1.82, 2.24) is 9.38 Å². The molecule has 3 aromatic rings. The van der Waals surface area contributed by atoms with Gasteiger partial charge in [0.25, 0.3) is 0 Å². The van der Waals surface area contributed by atoms with E-state index in [2.05, 4.69) is 20.9 Å². The zero-order chi connectivity index (χ0) is 13.4. The van der Waals surface area contributed by atoms with Crippen molar-refractivity contribution in [3.63, 3.8) is 0 Å². The molecule has 0 amide bonds. The number of carbonyl (C=O) groups is 1. The van der Waals surface area contributed by atoms with E-state index in [-0.39, 0.29) is 5.82 Å². The average Bonchev–Trinajstić information content (AvgIpc) is 2.77. The smallest absolute Gasteiger partial charge is 0.170 e. The van der Waals surface area contributed by atoms with Gasteiger partial charge in [-0.1, -0.05) is 15.9 Å². The summed E-state index contributed by atoms with van der Waals surface area (Å²) in [5.74, 6) is 0.313. The Kier molecular flexibility index (Phi) is 2.91. The van der Waals surface area contributed by atoms with Crippen LogP contribution in [0.5, 0.6) is 0 Å². The normalized spacial score (nSPS) is 10.8. The summed E-state index contributed by atoms with van der Waals surface area (Å²) in [7, 11) is 0. The number of fused-ring (bicyclic) bond motifs is 1. The van der Waals surface area contributed by atoms with E-state index in [9.17, 15) is 9.18 Å². The van der Waals surface area contributed by atoms with Crippen molar-refractivity contribution in [3.05, 3.63) is 58.6 Å². The number of imidazole rings is 1. The van der Waals surface area contributed by atoms with Gasteiger partial charge in [-0.05, 0) is 36.4 Å². The molecular weight excluding hydrogens is 311 g/mol. The Hall–Kier alpha value is -2.01. The molecule has 19 heavy (non-hydrogen) atoms. The van der Waals surface area contributed by atoms with Crippen LogP contribution in [0.2, 0.25) is 0 Å². The van der Waals surface area contributed by atoms with Gasteiger partial charge < -0.3 is 0 Å². The number of pyridine rings is 1. The van der Waals surface area contributed by atoms with Crippen molar-refractivity contribution < 1.29 is 9.18 Å². The number of hydrogen-bond donors (Lipinski definition) is 0. The number of benzene rings is 1. The highest BCUT2D eigenvalue weighted by Crippen LogP contribution is 2.24. The van der Waals surface area contributed by atoms with Gasteiger partial charge in [0, 0.05) is 16.2 Å². The second-order valence-corrected chi connectivity index (χ2v) is 4.96. The lowest BCUT2D eigenvalue weighted by atomic mass is 10.2. The third kappa shape index (κ3) is 2.06. The molecule has 3 rings (SSSR count). The maximum absolute atomic E-state index is 13.0. The van der Waals surface area contributed by atoms with Crippen LogP contribution in [0.3, 0.4) is 0 Å². The SMILES string of the molecule is O=Cc1nc(-c2ccc(F)cc2)n2ccc(Br)cc12. The number of hydrogen-bond acceptors (Lipinski definition) is 2. The van der Waals surface area contributed by atoms with Gasteiger partial charge in [0.2, 0.25) is 0 Å². The number of halogens is 2. The molecule has 2 heterocycles. The van der Waals surface area contributed by atoms with Gasteiger partial charge in [0.15, 0.2) is 6.29 Å². The number of aldehydes is 1. The fraction of sp³-hybridized carbons (Fsp3) is 0. The molecule has 0 aliphatic carbocycles. The van der Waals surface area contributed by atoms with Crippen LogP contribution >= 0.6 is 15.9 Å². The summed E-state index contributed by atoms with van der Waals surface area (Å²) in [6.07, 6.45) is 2.53. The fourth-order valence-electron chi connectivity index (χ4n) is 1.97. The second-order valence-electron chi connectivity index (χ2n) is 4.05. The van der Waals surface area contributed by atoms with Crippen LogP contribution in [0, 0.1) is 5.82 Å². The molecule has 94 valence electrons. The lowest BCUT2D eigenvalue weighted by molar-refractivity contribution is 0.112. The second kappa shape index (κ2) is 4.59. The predicted octanol–water partition coefficient (Wildman–Crippen LogP) is 3.72. The van der Waals surface area contributed by atoms with Crippen LogP contribution in [0.15, 0.2) is 47.1 Å². The molecule has 0 aliphatic heterocycles. The van der Waals surface area contributed by atoms with Crippen LogP contribution in [0.25, 0.3) is 16.9 Å². The molecule has 2 aromatic heterocycles. The van der Waals surface area contributed by atoms with Crippen LogP contribution in [0.4, 0.5) is 4.39 Å². The number of aromatic nitrogens is 2. The molecule has 0 atom stereocenters. The fourth-order valence-corrected chi connectivity index (χ4v) is 2.31. The van der Waals surface area contributed by atoms with Crippen molar-refractivity contribution in [2.75, 3.05) is 0 Å². The Morgan fingerprint density at radius 3 is 2.63 bits per heavy atom. The summed E-state index contributed by atoms with van der Waals surface area (Å²) in [4.78, 5) is 15.4. The van der Waals surface area contributed by atoms with Crippen molar-refractivity contribution in [1.29, 1.82) is 0 Å². The highest BCUT2D eigenvalue weighted by molar-refractivity contribution is 9.10. The number of nitrogens with zero attached hydrogens (tertiary/aromatic N) is 2. The summed E-state index contributed by atoms with van der Waals surface area (Å²) in [6, 6.07) is 9.70. The maximum atomic E-state index is 13.0. The van der Waals surface area contributed by atoms with Gasteiger partial charge in [0.1, 0.15) is 17.3 Å². The summed E-state index contributed by atoms with van der Waals surface area (Å²) < 4.78 is 15.6. The van der Waals surface area contributed by atoms with Crippen molar-refractivity contribution >= 4 is 27.7 Å². The van der Waals surface area contributed by atoms with Gasteiger partial charge in [-0.2, -0.15) is 0 Å². The lowest BCUT2D eigenvalue weighted by Crippen LogP contribution is -1.89. The molecule has 0 bridgehead atoms. The zero-order valence-corrected chi connectivity index (χ0v) is 11.3. The molecule has 0 aliphatic rings. The first-order chi connectivity index (χ1) is 9.19. The van der Waals surface area contributed by atoms with E-state index < -0.39 is 0 Å². The Morgan fingerprint density at radius 1 is 1.21 bits per heavy atom. The van der Waals surface area contributed by atoms with Crippen LogP contribution < -0.4 is 0 Å². The summed E-state index contributed by atoms with van der Waals surface area (Å²) in [5.41, 5.74) is 1.83. The topological polar surface area (TPSA) is 34.4 Å². The highest BCUT2D eigenvalue weighted by Gasteiger charge is 2.12. The van der Waals surface area contributed by atoms with Gasteiger partial charge in [-0.25, -0.2) is 9.37 Å². The molecule has 1 aromatic carbocycles. The van der Waals surface area contributed by atoms with Crippen molar-refractivity contribution in [3.8, 4) is 11.4 Å². The molecule has 0 saturated heterocycles. The van der Waals surface area contributed by atoms with E-state index in [1.807, 2.05) is 22.7 Å². The van der Waals surface area contributed by atoms with Crippen molar-refractivity contribution in [2.24, 2.45) is 0 Å². The molecule has 0 saturated carbocycles. The molecule has 3 nitrogen and oxygen atoms in total. The third-order valence-electron chi connectivity index (χ3n) is 2.85. The minimum Gasteiger partial charge on any atom is -0.299 e. The quantitative estimate of drug-likeness (QED) is 0.675. The van der Waals surface area contributed by atoms with Crippen LogP contribution in [-0.4, -0.2) is 15.7 Å². The largest absolute Gasteiger partial charge is 0.299 e. The van der Waals surface area contributed by atoms with Gasteiger partial charge >= 0.3 is 0 Å². The van der Waals surface area contributed by atoms with E-state index in [1.165, 1.54) is 12.1 Å². The van der Waals surface area contributed by atoms with E-state index in [0.717, 1.165) is 16.3 Å². The first-order valence-electron chi connectivity index (χ1n) is 5.58. The lowest BCUT2D eigenvalue weighted by Gasteiger charge is -2.01. The summed E-state index contributed by atoms with van der Waals surface area (Å²) in [5, 5.41) is 0.